The number of nitrogens with one attached hydrogen (secondary N) is 1. The minimum absolute atomic E-state index is 0.0524. The van der Waals surface area contributed by atoms with Crippen LogP contribution in [0.1, 0.15) is 39.0 Å². The van der Waals surface area contributed by atoms with Crippen LogP contribution < -0.4 is 15.6 Å². The Morgan fingerprint density at radius 2 is 1.86 bits per heavy atom. The summed E-state index contributed by atoms with van der Waals surface area (Å²) in [6.45, 7) is 2.78. The van der Waals surface area contributed by atoms with Gasteiger partial charge < -0.3 is 19.5 Å². The summed E-state index contributed by atoms with van der Waals surface area (Å²) < 4.78 is 11.4. The number of hydrogen-bond acceptors (Lipinski definition) is 8. The molecule has 0 saturated carbocycles. The summed E-state index contributed by atoms with van der Waals surface area (Å²) in [5.74, 6) is -0.419. The predicted octanol–water partition coefficient (Wildman–Crippen LogP) is 3.87. The zero-order valence-electron chi connectivity index (χ0n) is 19.1. The number of benzene rings is 2. The standard InChI is InChI=1S/C25H20ClN5O5/c1-2-30-14-19-21(23(30)33)28-25(31(22(19)32)13-15-3-5-16(26)6-4-15)27-17-7-9-18(10-8-17)36-24(34)20-11-12-35-29-20/h3-12H,2,13-14H2,1H3,(H,27,28). The van der Waals surface area contributed by atoms with Crippen LogP contribution in [0.4, 0.5) is 11.6 Å². The van der Waals surface area contributed by atoms with Crippen LogP contribution in [0.25, 0.3) is 0 Å². The second-order valence-electron chi connectivity index (χ2n) is 8.02. The van der Waals surface area contributed by atoms with Crippen LogP contribution in [0.15, 0.2) is 70.2 Å². The van der Waals surface area contributed by atoms with Gasteiger partial charge in [-0.05, 0) is 48.9 Å². The minimum Gasteiger partial charge on any atom is -0.422 e. The lowest BCUT2D eigenvalue weighted by atomic mass is 10.2. The van der Waals surface area contributed by atoms with Gasteiger partial charge in [-0.2, -0.15) is 0 Å². The van der Waals surface area contributed by atoms with Gasteiger partial charge in [0.05, 0.1) is 18.7 Å². The van der Waals surface area contributed by atoms with Gasteiger partial charge >= 0.3 is 5.97 Å². The molecule has 0 atom stereocenters. The number of anilines is 2. The van der Waals surface area contributed by atoms with Gasteiger partial charge in [-0.1, -0.05) is 28.9 Å². The van der Waals surface area contributed by atoms with Crippen LogP contribution in [-0.2, 0) is 13.1 Å². The number of carbonyl (C=O) groups is 2. The van der Waals surface area contributed by atoms with E-state index in [9.17, 15) is 14.4 Å². The first kappa shape index (κ1) is 23.3. The van der Waals surface area contributed by atoms with E-state index >= 15 is 0 Å². The molecule has 2 aromatic heterocycles. The molecule has 0 bridgehead atoms. The summed E-state index contributed by atoms with van der Waals surface area (Å²) in [7, 11) is 0. The molecular weight excluding hydrogens is 486 g/mol. The van der Waals surface area contributed by atoms with Crippen molar-refractivity contribution in [1.29, 1.82) is 0 Å². The molecule has 1 amide bonds. The maximum Gasteiger partial charge on any atom is 0.365 e. The molecule has 0 radical (unpaired) electrons. The van der Waals surface area contributed by atoms with Gasteiger partial charge in [-0.15, -0.1) is 0 Å². The normalized spacial score (nSPS) is 12.5. The Kier molecular flexibility index (Phi) is 6.26. The molecule has 10 nitrogen and oxygen atoms in total. The van der Waals surface area contributed by atoms with E-state index in [1.165, 1.54) is 16.9 Å². The molecule has 3 heterocycles. The van der Waals surface area contributed by atoms with Crippen LogP contribution in [0.3, 0.4) is 0 Å². The molecule has 0 fully saturated rings. The van der Waals surface area contributed by atoms with Crippen molar-refractivity contribution in [3.8, 4) is 5.75 Å². The van der Waals surface area contributed by atoms with E-state index in [1.807, 2.05) is 19.1 Å². The van der Waals surface area contributed by atoms with Crippen LogP contribution in [0.5, 0.6) is 5.75 Å². The van der Waals surface area contributed by atoms with Crippen LogP contribution in [0, 0.1) is 0 Å². The number of ether oxygens (including phenoxy) is 1. The fourth-order valence-electron chi connectivity index (χ4n) is 3.81. The topological polar surface area (TPSA) is 120 Å². The number of halogens is 1. The molecule has 2 aromatic carbocycles. The molecule has 0 aliphatic carbocycles. The third kappa shape index (κ3) is 4.58. The van der Waals surface area contributed by atoms with Gasteiger partial charge in [0.25, 0.3) is 11.5 Å². The SMILES string of the molecule is CCN1Cc2c(nc(Nc3ccc(OC(=O)c4ccon4)cc3)n(Cc3ccc(Cl)cc3)c2=O)C1=O. The van der Waals surface area contributed by atoms with Crippen molar-refractivity contribution in [2.24, 2.45) is 0 Å². The van der Waals surface area contributed by atoms with Crippen molar-refractivity contribution < 1.29 is 18.8 Å². The largest absolute Gasteiger partial charge is 0.422 e. The Labute approximate surface area is 210 Å². The van der Waals surface area contributed by atoms with Gasteiger partial charge in [-0.25, -0.2) is 9.78 Å². The Bertz CT molecular complexity index is 1480. The predicted molar refractivity (Wildman–Crippen MR) is 131 cm³/mol. The lowest BCUT2D eigenvalue weighted by Gasteiger charge is -2.15. The van der Waals surface area contributed by atoms with Crippen LogP contribution in [0.2, 0.25) is 5.02 Å². The van der Waals surface area contributed by atoms with E-state index in [0.717, 1.165) is 5.56 Å². The van der Waals surface area contributed by atoms with Gasteiger partial charge in [-0.3, -0.25) is 14.2 Å². The number of hydrogen-bond donors (Lipinski definition) is 1. The molecule has 5 rings (SSSR count). The van der Waals surface area contributed by atoms with E-state index in [-0.39, 0.29) is 41.9 Å². The van der Waals surface area contributed by atoms with Crippen molar-refractivity contribution in [2.75, 3.05) is 11.9 Å². The average molecular weight is 506 g/mol. The van der Waals surface area contributed by atoms with E-state index < -0.39 is 5.97 Å². The summed E-state index contributed by atoms with van der Waals surface area (Å²) in [6, 6.07) is 15.0. The Morgan fingerprint density at radius 1 is 1.11 bits per heavy atom. The zero-order chi connectivity index (χ0) is 25.2. The quantitative estimate of drug-likeness (QED) is 0.297. The molecule has 1 aliphatic rings. The molecule has 0 unspecified atom stereocenters. The van der Waals surface area contributed by atoms with Crippen molar-refractivity contribution in [3.63, 3.8) is 0 Å². The third-order valence-electron chi connectivity index (χ3n) is 5.70. The van der Waals surface area contributed by atoms with Crippen LogP contribution in [-0.4, -0.2) is 38.0 Å². The average Bonchev–Trinajstić information content (AvgIpc) is 3.53. The Hall–Kier alpha value is -4.44. The number of fused-ring (bicyclic) bond motifs is 1. The molecule has 0 saturated heterocycles. The smallest absolute Gasteiger partial charge is 0.365 e. The van der Waals surface area contributed by atoms with Crippen molar-refractivity contribution >= 4 is 35.1 Å². The first-order valence-electron chi connectivity index (χ1n) is 11.1. The fourth-order valence-corrected chi connectivity index (χ4v) is 3.93. The molecule has 1 N–H and O–H groups in total. The van der Waals surface area contributed by atoms with Crippen LogP contribution >= 0.6 is 11.6 Å². The van der Waals surface area contributed by atoms with Crippen molar-refractivity contribution in [1.82, 2.24) is 19.6 Å². The van der Waals surface area contributed by atoms with Gasteiger partial charge in [0.2, 0.25) is 5.95 Å². The number of nitrogens with zero attached hydrogens (tertiary/aromatic N) is 4. The summed E-state index contributed by atoms with van der Waals surface area (Å²) in [5, 5.41) is 7.26. The molecule has 36 heavy (non-hydrogen) atoms. The summed E-state index contributed by atoms with van der Waals surface area (Å²) in [6.07, 6.45) is 1.28. The first-order valence-corrected chi connectivity index (χ1v) is 11.5. The Morgan fingerprint density at radius 3 is 2.53 bits per heavy atom. The van der Waals surface area contributed by atoms with E-state index in [2.05, 4.69) is 20.0 Å². The number of esters is 1. The number of amides is 1. The highest BCUT2D eigenvalue weighted by molar-refractivity contribution is 6.30. The molecule has 1 aliphatic heterocycles. The van der Waals surface area contributed by atoms with Crippen molar-refractivity contribution in [3.05, 3.63) is 98.8 Å². The Balaban J connectivity index is 1.45. The monoisotopic (exact) mass is 505 g/mol. The summed E-state index contributed by atoms with van der Waals surface area (Å²) in [4.78, 5) is 44.4. The summed E-state index contributed by atoms with van der Waals surface area (Å²) >= 11 is 6.01. The molecule has 182 valence electrons. The number of carbonyl (C=O) groups excluding carboxylic acids is 2. The maximum absolute atomic E-state index is 13.4. The van der Waals surface area contributed by atoms with E-state index in [0.29, 0.717) is 28.6 Å². The second kappa shape index (κ2) is 9.67. The van der Waals surface area contributed by atoms with E-state index in [4.69, 9.17) is 16.3 Å². The van der Waals surface area contributed by atoms with Gasteiger partial charge in [0.15, 0.2) is 5.69 Å². The summed E-state index contributed by atoms with van der Waals surface area (Å²) in [5.41, 5.74) is 1.70. The third-order valence-corrected chi connectivity index (χ3v) is 5.96. The zero-order valence-corrected chi connectivity index (χ0v) is 19.9. The molecule has 4 aromatic rings. The lowest BCUT2D eigenvalue weighted by molar-refractivity contribution is 0.0722. The maximum atomic E-state index is 13.4. The number of aromatic nitrogens is 3. The van der Waals surface area contributed by atoms with E-state index in [1.54, 1.807) is 41.3 Å². The molecule has 0 spiro atoms. The number of rotatable bonds is 7. The first-order chi connectivity index (χ1) is 17.4. The van der Waals surface area contributed by atoms with Gasteiger partial charge in [0.1, 0.15) is 17.7 Å². The molecule has 11 heteroatoms. The van der Waals surface area contributed by atoms with Crippen molar-refractivity contribution in [2.45, 2.75) is 20.0 Å². The van der Waals surface area contributed by atoms with Gasteiger partial charge in [0, 0.05) is 23.3 Å². The lowest BCUT2D eigenvalue weighted by Crippen LogP contribution is -2.28. The highest BCUT2D eigenvalue weighted by Crippen LogP contribution is 2.24. The second-order valence-corrected chi connectivity index (χ2v) is 8.46. The minimum atomic E-state index is -0.652. The fraction of sp³-hybridized carbons (Fsp3) is 0.160. The molecular formula is C25H20ClN5O5. The highest BCUT2D eigenvalue weighted by Gasteiger charge is 2.32. The highest BCUT2D eigenvalue weighted by atomic mass is 35.5.